The summed E-state index contributed by atoms with van der Waals surface area (Å²) in [5.41, 5.74) is 1.12. The number of carbonyl (C=O) groups is 2. The molecule has 124 valence electrons. The first kappa shape index (κ1) is 16.1. The van der Waals surface area contributed by atoms with Crippen LogP contribution in [0.3, 0.4) is 0 Å². The third-order valence-corrected chi connectivity index (χ3v) is 4.68. The number of amides is 2. The van der Waals surface area contributed by atoms with Gasteiger partial charge in [-0.1, -0.05) is 0 Å². The van der Waals surface area contributed by atoms with Gasteiger partial charge in [0, 0.05) is 23.7 Å². The molecule has 3 N–H and O–H groups in total. The van der Waals surface area contributed by atoms with Crippen molar-refractivity contribution in [2.75, 3.05) is 11.9 Å². The molecule has 0 spiro atoms. The Morgan fingerprint density at radius 1 is 1.22 bits per heavy atom. The van der Waals surface area contributed by atoms with Crippen molar-refractivity contribution in [2.24, 2.45) is 0 Å². The molecule has 6 nitrogen and oxygen atoms in total. The summed E-state index contributed by atoms with van der Waals surface area (Å²) >= 11 is 0. The van der Waals surface area contributed by atoms with Gasteiger partial charge in [-0.2, -0.15) is 0 Å². The van der Waals surface area contributed by atoms with Gasteiger partial charge in [-0.3, -0.25) is 9.59 Å². The molecule has 2 fully saturated rings. The standard InChI is InChI=1S/C16H19N3O3.ClH/c20-15-8-22-14-4-1-9(5-13(14)19-15)16(21)18-12-6-10-2-3-11(7-12)17-10;/h1,4-5,10-12,17H,2-3,6-8H2,(H,18,21)(H,19,20);1H. The number of carbonyl (C=O) groups excluding carboxylic acids is 2. The molecule has 3 aliphatic rings. The zero-order chi connectivity index (χ0) is 15.1. The van der Waals surface area contributed by atoms with Crippen LogP contribution in [0.15, 0.2) is 18.2 Å². The molecule has 0 radical (unpaired) electrons. The van der Waals surface area contributed by atoms with E-state index in [2.05, 4.69) is 16.0 Å². The average molecular weight is 338 g/mol. The zero-order valence-corrected chi connectivity index (χ0v) is 13.4. The Bertz CT molecular complexity index is 625. The molecule has 2 amide bonds. The minimum atomic E-state index is -0.194. The van der Waals surface area contributed by atoms with E-state index in [0.29, 0.717) is 29.1 Å². The molecule has 7 heteroatoms. The largest absolute Gasteiger partial charge is 0.482 e. The van der Waals surface area contributed by atoms with Crippen molar-refractivity contribution in [3.63, 3.8) is 0 Å². The highest BCUT2D eigenvalue weighted by Gasteiger charge is 2.34. The van der Waals surface area contributed by atoms with Crippen LogP contribution in [0.4, 0.5) is 5.69 Å². The maximum atomic E-state index is 12.4. The zero-order valence-electron chi connectivity index (χ0n) is 12.6. The first-order valence-electron chi connectivity index (χ1n) is 7.81. The fourth-order valence-electron chi connectivity index (χ4n) is 3.67. The number of nitrogens with one attached hydrogen (secondary N) is 3. The molecule has 3 heterocycles. The molecule has 2 bridgehead atoms. The van der Waals surface area contributed by atoms with Crippen molar-refractivity contribution in [1.82, 2.24) is 10.6 Å². The van der Waals surface area contributed by atoms with Crippen molar-refractivity contribution in [1.29, 1.82) is 0 Å². The van der Waals surface area contributed by atoms with Gasteiger partial charge >= 0.3 is 0 Å². The Kier molecular flexibility index (Phi) is 4.46. The molecule has 0 aliphatic carbocycles. The lowest BCUT2D eigenvalue weighted by Crippen LogP contribution is -2.48. The van der Waals surface area contributed by atoms with Crippen molar-refractivity contribution in [3.8, 4) is 5.75 Å². The van der Waals surface area contributed by atoms with Crippen LogP contribution in [0.5, 0.6) is 5.75 Å². The summed E-state index contributed by atoms with van der Waals surface area (Å²) < 4.78 is 5.30. The second-order valence-corrected chi connectivity index (χ2v) is 6.33. The van der Waals surface area contributed by atoms with Crippen LogP contribution in [-0.2, 0) is 4.79 Å². The number of benzene rings is 1. The molecular formula is C16H20ClN3O3. The van der Waals surface area contributed by atoms with Crippen molar-refractivity contribution < 1.29 is 14.3 Å². The molecule has 2 atom stereocenters. The number of hydrogen-bond donors (Lipinski definition) is 3. The molecule has 3 aliphatic heterocycles. The Hall–Kier alpha value is -1.79. The van der Waals surface area contributed by atoms with Gasteiger partial charge in [0.15, 0.2) is 6.61 Å². The van der Waals surface area contributed by atoms with E-state index in [-0.39, 0.29) is 36.9 Å². The maximum Gasteiger partial charge on any atom is 0.262 e. The molecule has 1 aromatic rings. The second-order valence-electron chi connectivity index (χ2n) is 6.33. The first-order valence-corrected chi connectivity index (χ1v) is 7.81. The molecule has 2 unspecified atom stereocenters. The van der Waals surface area contributed by atoms with Crippen molar-refractivity contribution >= 4 is 29.9 Å². The quantitative estimate of drug-likeness (QED) is 0.763. The van der Waals surface area contributed by atoms with Crippen LogP contribution in [-0.4, -0.2) is 36.5 Å². The average Bonchev–Trinajstić information content (AvgIpc) is 2.85. The van der Waals surface area contributed by atoms with Gasteiger partial charge in [-0.15, -0.1) is 12.4 Å². The minimum absolute atomic E-state index is 0. The van der Waals surface area contributed by atoms with E-state index in [0.717, 1.165) is 12.8 Å². The third-order valence-electron chi connectivity index (χ3n) is 4.68. The Labute approximate surface area is 140 Å². The summed E-state index contributed by atoms with van der Waals surface area (Å²) in [6, 6.07) is 6.46. The highest BCUT2D eigenvalue weighted by molar-refractivity contribution is 5.99. The third kappa shape index (κ3) is 3.28. The maximum absolute atomic E-state index is 12.4. The predicted octanol–water partition coefficient (Wildman–Crippen LogP) is 1.45. The van der Waals surface area contributed by atoms with Crippen LogP contribution >= 0.6 is 12.4 Å². The molecule has 0 aromatic heterocycles. The molecule has 1 aromatic carbocycles. The number of hydrogen-bond acceptors (Lipinski definition) is 4. The molecule has 4 rings (SSSR count). The Balaban J connectivity index is 0.00000156. The Morgan fingerprint density at radius 2 is 1.96 bits per heavy atom. The topological polar surface area (TPSA) is 79.5 Å². The summed E-state index contributed by atoms with van der Waals surface area (Å²) in [5, 5.41) is 9.41. The van der Waals surface area contributed by atoms with Crippen molar-refractivity contribution in [2.45, 2.75) is 43.8 Å². The lowest BCUT2D eigenvalue weighted by atomic mass is 9.99. The highest BCUT2D eigenvalue weighted by atomic mass is 35.5. The van der Waals surface area contributed by atoms with E-state index in [4.69, 9.17) is 4.74 Å². The SMILES string of the molecule is Cl.O=C1COc2ccc(C(=O)NC3CC4CCC(C3)N4)cc2N1. The van der Waals surface area contributed by atoms with Crippen LogP contribution in [0, 0.1) is 0 Å². The lowest BCUT2D eigenvalue weighted by Gasteiger charge is -2.29. The second kappa shape index (κ2) is 6.37. The molecule has 0 saturated carbocycles. The summed E-state index contributed by atoms with van der Waals surface area (Å²) in [5.74, 6) is 0.324. The lowest BCUT2D eigenvalue weighted by molar-refractivity contribution is -0.118. The van der Waals surface area contributed by atoms with E-state index in [9.17, 15) is 9.59 Å². The number of halogens is 1. The van der Waals surface area contributed by atoms with Crippen molar-refractivity contribution in [3.05, 3.63) is 23.8 Å². The molecular weight excluding hydrogens is 318 g/mol. The van der Waals surface area contributed by atoms with Gasteiger partial charge in [-0.05, 0) is 43.9 Å². The monoisotopic (exact) mass is 337 g/mol. The molecule has 23 heavy (non-hydrogen) atoms. The van der Waals surface area contributed by atoms with E-state index in [1.54, 1.807) is 18.2 Å². The van der Waals surface area contributed by atoms with Gasteiger partial charge in [-0.25, -0.2) is 0 Å². The van der Waals surface area contributed by atoms with Gasteiger partial charge in [0.2, 0.25) is 0 Å². The van der Waals surface area contributed by atoms with Crippen LogP contribution in [0.25, 0.3) is 0 Å². The van der Waals surface area contributed by atoms with E-state index < -0.39 is 0 Å². The summed E-state index contributed by atoms with van der Waals surface area (Å²) in [6.07, 6.45) is 4.40. The number of fused-ring (bicyclic) bond motifs is 3. The fraction of sp³-hybridized carbons (Fsp3) is 0.500. The van der Waals surface area contributed by atoms with Crippen LogP contribution in [0.1, 0.15) is 36.0 Å². The number of anilines is 1. The highest BCUT2D eigenvalue weighted by Crippen LogP contribution is 2.29. The van der Waals surface area contributed by atoms with E-state index >= 15 is 0 Å². The van der Waals surface area contributed by atoms with Gasteiger partial charge in [0.1, 0.15) is 5.75 Å². The fourth-order valence-corrected chi connectivity index (χ4v) is 3.67. The number of piperidine rings is 1. The Morgan fingerprint density at radius 3 is 2.70 bits per heavy atom. The van der Waals surface area contributed by atoms with Gasteiger partial charge in [0.25, 0.3) is 11.8 Å². The number of ether oxygens (including phenoxy) is 1. The predicted molar refractivity (Wildman–Crippen MR) is 88.2 cm³/mol. The van der Waals surface area contributed by atoms with Gasteiger partial charge in [0.05, 0.1) is 5.69 Å². The first-order chi connectivity index (χ1) is 10.7. The van der Waals surface area contributed by atoms with Crippen LogP contribution in [0.2, 0.25) is 0 Å². The minimum Gasteiger partial charge on any atom is -0.482 e. The molecule has 2 saturated heterocycles. The van der Waals surface area contributed by atoms with Crippen LogP contribution < -0.4 is 20.7 Å². The summed E-state index contributed by atoms with van der Waals surface area (Å²) in [6.45, 7) is 0.0242. The summed E-state index contributed by atoms with van der Waals surface area (Å²) in [7, 11) is 0. The van der Waals surface area contributed by atoms with E-state index in [1.165, 1.54) is 12.8 Å². The van der Waals surface area contributed by atoms with E-state index in [1.807, 2.05) is 0 Å². The normalized spacial score (nSPS) is 28.0. The van der Waals surface area contributed by atoms with Gasteiger partial charge < -0.3 is 20.7 Å². The summed E-state index contributed by atoms with van der Waals surface area (Å²) in [4.78, 5) is 23.8. The smallest absolute Gasteiger partial charge is 0.262 e. The number of rotatable bonds is 2.